The molecule has 2 rings (SSSR count). The van der Waals surface area contributed by atoms with Gasteiger partial charge in [-0.3, -0.25) is 0 Å². The number of hydrogen-bond donors (Lipinski definition) is 1. The van der Waals surface area contributed by atoms with Crippen molar-refractivity contribution in [1.82, 2.24) is 14.9 Å². The molecule has 1 aromatic rings. The van der Waals surface area contributed by atoms with E-state index in [-0.39, 0.29) is 0 Å². The summed E-state index contributed by atoms with van der Waals surface area (Å²) in [6, 6.07) is 0.565. The van der Waals surface area contributed by atoms with Crippen molar-refractivity contribution < 1.29 is 0 Å². The molecule has 1 fully saturated rings. The topological polar surface area (TPSA) is 44.3 Å². The first-order valence-corrected chi connectivity index (χ1v) is 7.70. The van der Waals surface area contributed by atoms with Crippen molar-refractivity contribution in [3.05, 3.63) is 11.9 Å². The van der Waals surface area contributed by atoms with Crippen LogP contribution in [0.2, 0.25) is 0 Å². The number of likely N-dealkylation sites (N-methyl/N-ethyl adjacent to an activating group) is 1. The molecule has 5 nitrogen and oxygen atoms in total. The smallest absolute Gasteiger partial charge is 0.137 e. The molecule has 1 aliphatic rings. The Labute approximate surface area is 122 Å². The van der Waals surface area contributed by atoms with Gasteiger partial charge >= 0.3 is 0 Å². The fourth-order valence-corrected chi connectivity index (χ4v) is 2.64. The average Bonchev–Trinajstić information content (AvgIpc) is 2.47. The molecule has 0 aliphatic carbocycles. The molecule has 0 saturated carbocycles. The Balaban J connectivity index is 2.22. The fraction of sp³-hybridized carbons (Fsp3) is 0.733. The molecule has 5 heteroatoms. The second kappa shape index (κ2) is 6.88. The third kappa shape index (κ3) is 3.20. The van der Waals surface area contributed by atoms with E-state index in [0.29, 0.717) is 6.04 Å². The van der Waals surface area contributed by atoms with Crippen LogP contribution in [0.25, 0.3) is 0 Å². The van der Waals surface area contributed by atoms with Gasteiger partial charge in [0.25, 0.3) is 0 Å². The maximum Gasteiger partial charge on any atom is 0.137 e. The summed E-state index contributed by atoms with van der Waals surface area (Å²) in [5.41, 5.74) is 1.25. The third-order valence-corrected chi connectivity index (χ3v) is 4.08. The highest BCUT2D eigenvalue weighted by atomic mass is 15.3. The van der Waals surface area contributed by atoms with Crippen LogP contribution in [0.5, 0.6) is 0 Å². The van der Waals surface area contributed by atoms with Gasteiger partial charge in [0.15, 0.2) is 0 Å². The van der Waals surface area contributed by atoms with Crippen LogP contribution in [0, 0.1) is 0 Å². The molecular weight excluding hydrogens is 250 g/mol. The molecule has 0 bridgehead atoms. The maximum atomic E-state index is 4.56. The Hall–Kier alpha value is -1.36. The van der Waals surface area contributed by atoms with Crippen molar-refractivity contribution in [2.45, 2.75) is 39.7 Å². The minimum Gasteiger partial charge on any atom is -0.370 e. The molecule has 1 unspecified atom stereocenters. The van der Waals surface area contributed by atoms with Crippen LogP contribution in [0.3, 0.4) is 0 Å². The van der Waals surface area contributed by atoms with Crippen molar-refractivity contribution in [3.8, 4) is 0 Å². The van der Waals surface area contributed by atoms with Crippen LogP contribution in [-0.2, 0) is 6.42 Å². The number of anilines is 2. The van der Waals surface area contributed by atoms with Gasteiger partial charge in [-0.25, -0.2) is 9.97 Å². The summed E-state index contributed by atoms with van der Waals surface area (Å²) in [6.07, 6.45) is 3.76. The maximum absolute atomic E-state index is 4.56. The predicted molar refractivity (Wildman–Crippen MR) is 84.5 cm³/mol. The van der Waals surface area contributed by atoms with Crippen molar-refractivity contribution >= 4 is 11.6 Å². The summed E-state index contributed by atoms with van der Waals surface area (Å²) in [5, 5.41) is 3.43. The summed E-state index contributed by atoms with van der Waals surface area (Å²) in [4.78, 5) is 13.8. The lowest BCUT2D eigenvalue weighted by Crippen LogP contribution is -2.50. The van der Waals surface area contributed by atoms with E-state index in [1.807, 2.05) is 0 Å². The van der Waals surface area contributed by atoms with Crippen LogP contribution in [0.1, 0.15) is 32.8 Å². The van der Waals surface area contributed by atoms with E-state index in [2.05, 4.69) is 52.9 Å². The van der Waals surface area contributed by atoms with Crippen molar-refractivity contribution in [3.63, 3.8) is 0 Å². The minimum absolute atomic E-state index is 0.565. The van der Waals surface area contributed by atoms with Gasteiger partial charge in [0.05, 0.1) is 0 Å². The molecule has 1 aromatic heterocycles. The van der Waals surface area contributed by atoms with E-state index in [0.717, 1.165) is 50.7 Å². The Morgan fingerprint density at radius 3 is 2.75 bits per heavy atom. The molecule has 1 N–H and O–H groups in total. The Morgan fingerprint density at radius 2 is 2.10 bits per heavy atom. The SMILES string of the molecule is CCCNc1ncnc(N2CCN(C)C(C)C2)c1CC. The standard InChI is InChI=1S/C15H27N5/c1-5-7-16-14-13(6-2)15(18-11-17-14)20-9-8-19(4)12(3)10-20/h11-12H,5-10H2,1-4H3,(H,16,17,18). The van der Waals surface area contributed by atoms with Crippen LogP contribution < -0.4 is 10.2 Å². The van der Waals surface area contributed by atoms with Crippen LogP contribution in [0.15, 0.2) is 6.33 Å². The van der Waals surface area contributed by atoms with E-state index in [1.165, 1.54) is 5.56 Å². The quantitative estimate of drug-likeness (QED) is 0.892. The van der Waals surface area contributed by atoms with Crippen LogP contribution in [-0.4, -0.2) is 54.1 Å². The Kier molecular flexibility index (Phi) is 5.17. The molecule has 1 aliphatic heterocycles. The van der Waals surface area contributed by atoms with Gasteiger partial charge in [-0.05, 0) is 26.8 Å². The average molecular weight is 277 g/mol. The second-order valence-corrected chi connectivity index (χ2v) is 5.58. The summed E-state index contributed by atoms with van der Waals surface area (Å²) in [6.45, 7) is 10.7. The van der Waals surface area contributed by atoms with E-state index >= 15 is 0 Å². The summed E-state index contributed by atoms with van der Waals surface area (Å²) >= 11 is 0. The summed E-state index contributed by atoms with van der Waals surface area (Å²) in [5.74, 6) is 2.12. The van der Waals surface area contributed by atoms with E-state index < -0.39 is 0 Å². The number of nitrogens with zero attached hydrogens (tertiary/aromatic N) is 4. The van der Waals surface area contributed by atoms with Crippen molar-refractivity contribution in [1.29, 1.82) is 0 Å². The van der Waals surface area contributed by atoms with Gasteiger partial charge in [0.1, 0.15) is 18.0 Å². The molecule has 0 amide bonds. The van der Waals surface area contributed by atoms with E-state index in [4.69, 9.17) is 0 Å². The molecule has 1 atom stereocenters. The molecule has 1 saturated heterocycles. The normalized spacial score (nSPS) is 20.2. The number of piperazine rings is 1. The first-order chi connectivity index (χ1) is 9.67. The van der Waals surface area contributed by atoms with Gasteiger partial charge in [-0.2, -0.15) is 0 Å². The largest absolute Gasteiger partial charge is 0.370 e. The molecule has 20 heavy (non-hydrogen) atoms. The highest BCUT2D eigenvalue weighted by molar-refractivity contribution is 5.59. The highest BCUT2D eigenvalue weighted by Crippen LogP contribution is 2.25. The monoisotopic (exact) mass is 277 g/mol. The molecular formula is C15H27N5. The summed E-state index contributed by atoms with van der Waals surface area (Å²) < 4.78 is 0. The van der Waals surface area contributed by atoms with Gasteiger partial charge in [-0.15, -0.1) is 0 Å². The first-order valence-electron chi connectivity index (χ1n) is 7.70. The predicted octanol–water partition coefficient (Wildman–Crippen LogP) is 2.00. The Bertz CT molecular complexity index is 434. The second-order valence-electron chi connectivity index (χ2n) is 5.58. The number of hydrogen-bond acceptors (Lipinski definition) is 5. The fourth-order valence-electron chi connectivity index (χ4n) is 2.64. The van der Waals surface area contributed by atoms with Gasteiger partial charge in [0, 0.05) is 37.8 Å². The third-order valence-electron chi connectivity index (χ3n) is 4.08. The number of aromatic nitrogens is 2. The summed E-state index contributed by atoms with van der Waals surface area (Å²) in [7, 11) is 2.19. The highest BCUT2D eigenvalue weighted by Gasteiger charge is 2.24. The van der Waals surface area contributed by atoms with Crippen molar-refractivity contribution in [2.24, 2.45) is 0 Å². The molecule has 112 valence electrons. The van der Waals surface area contributed by atoms with E-state index in [1.54, 1.807) is 6.33 Å². The minimum atomic E-state index is 0.565. The van der Waals surface area contributed by atoms with Crippen LogP contribution in [0.4, 0.5) is 11.6 Å². The zero-order valence-corrected chi connectivity index (χ0v) is 13.2. The first kappa shape index (κ1) is 15.0. The lowest BCUT2D eigenvalue weighted by Gasteiger charge is -2.39. The number of rotatable bonds is 5. The van der Waals surface area contributed by atoms with Gasteiger partial charge < -0.3 is 15.1 Å². The van der Waals surface area contributed by atoms with Crippen molar-refractivity contribution in [2.75, 3.05) is 43.4 Å². The zero-order chi connectivity index (χ0) is 14.5. The zero-order valence-electron chi connectivity index (χ0n) is 13.2. The van der Waals surface area contributed by atoms with E-state index in [9.17, 15) is 0 Å². The molecule has 2 heterocycles. The molecule has 0 spiro atoms. The lowest BCUT2D eigenvalue weighted by atomic mass is 10.1. The van der Waals surface area contributed by atoms with Gasteiger partial charge in [0.2, 0.25) is 0 Å². The Morgan fingerprint density at radius 1 is 1.30 bits per heavy atom. The molecule has 0 radical (unpaired) electrons. The molecule has 0 aromatic carbocycles. The van der Waals surface area contributed by atoms with Gasteiger partial charge in [-0.1, -0.05) is 13.8 Å². The number of nitrogens with one attached hydrogen (secondary N) is 1. The lowest BCUT2D eigenvalue weighted by molar-refractivity contribution is 0.233. The van der Waals surface area contributed by atoms with Crippen LogP contribution >= 0.6 is 0 Å².